The van der Waals surface area contributed by atoms with E-state index in [0.29, 0.717) is 36.7 Å². The van der Waals surface area contributed by atoms with Crippen molar-refractivity contribution in [2.75, 3.05) is 38.2 Å². The fraction of sp³-hybridized carbons (Fsp3) is 0.500. The fourth-order valence-corrected chi connectivity index (χ4v) is 6.20. The van der Waals surface area contributed by atoms with Gasteiger partial charge in [0, 0.05) is 32.2 Å². The first kappa shape index (κ1) is 25.3. The van der Waals surface area contributed by atoms with Crippen LogP contribution in [0, 0.1) is 5.92 Å². The molecule has 3 aliphatic heterocycles. The summed E-state index contributed by atoms with van der Waals surface area (Å²) >= 11 is 0. The van der Waals surface area contributed by atoms with E-state index in [2.05, 4.69) is 16.7 Å². The molecule has 0 aliphatic carbocycles. The number of carbonyl (C=O) groups excluding carboxylic acids is 3. The standard InChI is InChI=1S/C30H37N3O4/c1-3-23-11-4-5-17-32(23)28(34)22-10-8-16-31(20-22)26-14-7-13-25-27(26)30(36)33(29(25)35)18-15-21-9-6-12-24(19-21)37-2/h6-7,9,12-14,19,22-23H,3-5,8,10-11,15-18,20H2,1-2H3. The summed E-state index contributed by atoms with van der Waals surface area (Å²) in [7, 11) is 1.62. The molecule has 0 bridgehead atoms. The average Bonchev–Trinajstić information content (AvgIpc) is 3.20. The summed E-state index contributed by atoms with van der Waals surface area (Å²) in [5, 5.41) is 0. The van der Waals surface area contributed by atoms with Gasteiger partial charge in [-0.05, 0) is 74.8 Å². The Bertz CT molecular complexity index is 1180. The normalized spacial score (nSPS) is 21.8. The highest BCUT2D eigenvalue weighted by atomic mass is 16.5. The monoisotopic (exact) mass is 503 g/mol. The Labute approximate surface area is 219 Å². The van der Waals surface area contributed by atoms with Gasteiger partial charge in [-0.3, -0.25) is 19.3 Å². The van der Waals surface area contributed by atoms with Crippen LogP contribution in [-0.2, 0) is 11.2 Å². The van der Waals surface area contributed by atoms with Crippen molar-refractivity contribution >= 4 is 23.4 Å². The maximum Gasteiger partial charge on any atom is 0.263 e. The van der Waals surface area contributed by atoms with Crippen LogP contribution in [0.4, 0.5) is 5.69 Å². The summed E-state index contributed by atoms with van der Waals surface area (Å²) in [6.07, 6.45) is 6.69. The molecule has 3 aliphatic rings. The number of hydrogen-bond donors (Lipinski definition) is 0. The summed E-state index contributed by atoms with van der Waals surface area (Å²) < 4.78 is 5.30. The zero-order chi connectivity index (χ0) is 25.9. The van der Waals surface area contributed by atoms with E-state index in [0.717, 1.165) is 62.2 Å². The number of rotatable bonds is 7. The Morgan fingerprint density at radius 2 is 1.84 bits per heavy atom. The number of fused-ring (bicyclic) bond motifs is 1. The number of carbonyl (C=O) groups is 3. The van der Waals surface area contributed by atoms with Gasteiger partial charge < -0.3 is 14.5 Å². The van der Waals surface area contributed by atoms with Gasteiger partial charge in [0.2, 0.25) is 5.91 Å². The first-order chi connectivity index (χ1) is 18.0. The van der Waals surface area contributed by atoms with E-state index in [9.17, 15) is 14.4 Å². The van der Waals surface area contributed by atoms with Crippen LogP contribution in [0.1, 0.15) is 71.7 Å². The maximum atomic E-state index is 13.5. The van der Waals surface area contributed by atoms with Crippen LogP contribution in [0.15, 0.2) is 42.5 Å². The SMILES string of the molecule is CCC1CCCCN1C(=O)C1CCCN(c2cccc3c2C(=O)N(CCc2cccc(OC)c2)C3=O)C1. The van der Waals surface area contributed by atoms with E-state index in [1.165, 1.54) is 11.3 Å². The van der Waals surface area contributed by atoms with Crippen LogP contribution >= 0.6 is 0 Å². The van der Waals surface area contributed by atoms with Gasteiger partial charge in [0.15, 0.2) is 0 Å². The van der Waals surface area contributed by atoms with Crippen molar-refractivity contribution in [1.29, 1.82) is 0 Å². The van der Waals surface area contributed by atoms with Gasteiger partial charge in [0.25, 0.3) is 11.8 Å². The third kappa shape index (κ3) is 4.96. The second-order valence-electron chi connectivity index (χ2n) is 10.4. The average molecular weight is 504 g/mol. The molecule has 2 aromatic carbocycles. The van der Waals surface area contributed by atoms with Crippen LogP contribution in [0.3, 0.4) is 0 Å². The third-order valence-electron chi connectivity index (χ3n) is 8.23. The van der Waals surface area contributed by atoms with Gasteiger partial charge >= 0.3 is 0 Å². The Morgan fingerprint density at radius 3 is 2.65 bits per heavy atom. The predicted octanol–water partition coefficient (Wildman–Crippen LogP) is 4.54. The van der Waals surface area contributed by atoms with Crippen molar-refractivity contribution in [1.82, 2.24) is 9.80 Å². The Hall–Kier alpha value is -3.35. The maximum absolute atomic E-state index is 13.5. The number of benzene rings is 2. The van der Waals surface area contributed by atoms with Gasteiger partial charge in [0.1, 0.15) is 5.75 Å². The molecule has 2 fully saturated rings. The van der Waals surface area contributed by atoms with E-state index in [-0.39, 0.29) is 23.6 Å². The van der Waals surface area contributed by atoms with Crippen LogP contribution in [0.5, 0.6) is 5.75 Å². The number of hydrogen-bond acceptors (Lipinski definition) is 5. The van der Waals surface area contributed by atoms with E-state index in [1.54, 1.807) is 13.2 Å². The summed E-state index contributed by atoms with van der Waals surface area (Å²) in [6, 6.07) is 13.6. The zero-order valence-corrected chi connectivity index (χ0v) is 21.9. The van der Waals surface area contributed by atoms with Gasteiger partial charge in [0.05, 0.1) is 29.8 Å². The lowest BCUT2D eigenvalue weighted by atomic mass is 9.92. The van der Waals surface area contributed by atoms with E-state index in [1.807, 2.05) is 36.4 Å². The van der Waals surface area contributed by atoms with Gasteiger partial charge in [-0.25, -0.2) is 0 Å². The van der Waals surface area contributed by atoms with E-state index >= 15 is 0 Å². The Balaban J connectivity index is 1.32. The van der Waals surface area contributed by atoms with E-state index < -0.39 is 0 Å². The molecule has 0 radical (unpaired) electrons. The van der Waals surface area contributed by atoms with E-state index in [4.69, 9.17) is 4.74 Å². The quantitative estimate of drug-likeness (QED) is 0.519. The first-order valence-electron chi connectivity index (χ1n) is 13.7. The number of anilines is 1. The summed E-state index contributed by atoms with van der Waals surface area (Å²) in [4.78, 5) is 45.9. The second-order valence-corrected chi connectivity index (χ2v) is 10.4. The number of methoxy groups -OCH3 is 1. The van der Waals surface area contributed by atoms with Gasteiger partial charge in [-0.2, -0.15) is 0 Å². The molecule has 3 amide bonds. The summed E-state index contributed by atoms with van der Waals surface area (Å²) in [6.45, 7) is 4.70. The Kier molecular flexibility index (Phi) is 7.49. The van der Waals surface area contributed by atoms with Crippen molar-refractivity contribution in [2.45, 2.75) is 57.9 Å². The molecule has 2 saturated heterocycles. The first-order valence-corrected chi connectivity index (χ1v) is 13.7. The predicted molar refractivity (Wildman–Crippen MR) is 143 cm³/mol. The van der Waals surface area contributed by atoms with Crippen LogP contribution in [0.2, 0.25) is 0 Å². The molecule has 7 heteroatoms. The zero-order valence-electron chi connectivity index (χ0n) is 21.9. The number of amides is 3. The molecule has 0 N–H and O–H groups in total. The van der Waals surface area contributed by atoms with Crippen LogP contribution in [-0.4, -0.2) is 66.9 Å². The second kappa shape index (κ2) is 11.0. The van der Waals surface area contributed by atoms with Crippen molar-refractivity contribution in [3.8, 4) is 5.75 Å². The minimum absolute atomic E-state index is 0.0758. The number of likely N-dealkylation sites (tertiary alicyclic amines) is 1. The van der Waals surface area contributed by atoms with Gasteiger partial charge in [-0.1, -0.05) is 25.1 Å². The molecule has 37 heavy (non-hydrogen) atoms. The molecule has 0 spiro atoms. The lowest BCUT2D eigenvalue weighted by molar-refractivity contribution is -0.139. The van der Waals surface area contributed by atoms with Crippen LogP contribution in [0.25, 0.3) is 0 Å². The molecule has 2 aromatic rings. The van der Waals surface area contributed by atoms with Crippen molar-refractivity contribution < 1.29 is 19.1 Å². The Morgan fingerprint density at radius 1 is 1.00 bits per heavy atom. The molecule has 196 valence electrons. The number of imide groups is 1. The third-order valence-corrected chi connectivity index (χ3v) is 8.23. The van der Waals surface area contributed by atoms with Crippen molar-refractivity contribution in [2.24, 2.45) is 5.92 Å². The lowest BCUT2D eigenvalue weighted by Gasteiger charge is -2.41. The molecule has 7 nitrogen and oxygen atoms in total. The highest BCUT2D eigenvalue weighted by Crippen LogP contribution is 2.35. The molecule has 0 aromatic heterocycles. The highest BCUT2D eigenvalue weighted by Gasteiger charge is 2.40. The van der Waals surface area contributed by atoms with Gasteiger partial charge in [-0.15, -0.1) is 0 Å². The molecule has 5 rings (SSSR count). The topological polar surface area (TPSA) is 70.2 Å². The van der Waals surface area contributed by atoms with Crippen molar-refractivity contribution in [3.63, 3.8) is 0 Å². The van der Waals surface area contributed by atoms with Crippen molar-refractivity contribution in [3.05, 3.63) is 59.2 Å². The molecular weight excluding hydrogens is 466 g/mol. The number of nitrogens with zero attached hydrogens (tertiary/aromatic N) is 3. The minimum Gasteiger partial charge on any atom is -0.497 e. The van der Waals surface area contributed by atoms with Crippen LogP contribution < -0.4 is 9.64 Å². The minimum atomic E-state index is -0.242. The highest BCUT2D eigenvalue weighted by molar-refractivity contribution is 6.23. The largest absolute Gasteiger partial charge is 0.497 e. The molecule has 0 saturated carbocycles. The summed E-state index contributed by atoms with van der Waals surface area (Å²) in [5.74, 6) is 0.452. The molecule has 3 heterocycles. The lowest BCUT2D eigenvalue weighted by Crippen LogP contribution is -2.50. The molecule has 2 unspecified atom stereocenters. The molecular formula is C30H37N3O4. The fourth-order valence-electron chi connectivity index (χ4n) is 6.20. The molecule has 2 atom stereocenters. The summed E-state index contributed by atoms with van der Waals surface area (Å²) in [5.41, 5.74) is 2.74. The number of ether oxygens (including phenoxy) is 1. The number of piperidine rings is 2. The smallest absolute Gasteiger partial charge is 0.263 e.